The number of aryl methyl sites for hydroxylation is 1. The number of nitrogens with zero attached hydrogens (tertiary/aromatic N) is 1. The molecule has 34 heavy (non-hydrogen) atoms. The predicted molar refractivity (Wildman–Crippen MR) is 134 cm³/mol. The van der Waals surface area contributed by atoms with Crippen LogP contribution < -0.4 is 4.74 Å². The lowest BCUT2D eigenvalue weighted by Gasteiger charge is -2.24. The van der Waals surface area contributed by atoms with Crippen LogP contribution in [-0.4, -0.2) is 39.8 Å². The minimum Gasteiger partial charge on any atom is -0.507 e. The summed E-state index contributed by atoms with van der Waals surface area (Å²) in [5, 5.41) is 12.3. The van der Waals surface area contributed by atoms with E-state index >= 15 is 0 Å². The number of hydrogen-bond acceptors (Lipinski definition) is 4. The highest BCUT2D eigenvalue weighted by Gasteiger charge is 2.46. The monoisotopic (exact) mass is 460 g/mol. The van der Waals surface area contributed by atoms with E-state index in [1.165, 1.54) is 0 Å². The number of aromatic amines is 1. The van der Waals surface area contributed by atoms with Crippen LogP contribution in [0.4, 0.5) is 0 Å². The van der Waals surface area contributed by atoms with Gasteiger partial charge in [0.15, 0.2) is 0 Å². The fourth-order valence-corrected chi connectivity index (χ4v) is 4.45. The molecule has 0 bridgehead atoms. The fraction of sp³-hybridized carbons (Fsp3) is 0.357. The van der Waals surface area contributed by atoms with Crippen molar-refractivity contribution in [3.05, 3.63) is 70.9 Å². The van der Waals surface area contributed by atoms with Crippen LogP contribution in [0.15, 0.2) is 54.2 Å². The molecule has 6 nitrogen and oxygen atoms in total. The Morgan fingerprint density at radius 1 is 1.18 bits per heavy atom. The Balaban J connectivity index is 1.82. The number of aliphatic hydroxyl groups is 1. The molecule has 6 heteroatoms. The summed E-state index contributed by atoms with van der Waals surface area (Å²) < 4.78 is 5.86. The smallest absolute Gasteiger partial charge is 0.295 e. The Kier molecular flexibility index (Phi) is 6.77. The Labute approximate surface area is 200 Å². The number of aliphatic hydroxyl groups excluding tert-OH is 1. The zero-order valence-electron chi connectivity index (χ0n) is 20.2. The molecule has 0 spiro atoms. The summed E-state index contributed by atoms with van der Waals surface area (Å²) in [5.74, 6) is -0.253. The summed E-state index contributed by atoms with van der Waals surface area (Å²) in [7, 11) is 0. The maximum absolute atomic E-state index is 13.2. The number of H-pyrrole nitrogens is 1. The first-order chi connectivity index (χ1) is 16.3. The minimum absolute atomic E-state index is 0.126. The number of para-hydroxylation sites is 1. The topological polar surface area (TPSA) is 82.6 Å². The van der Waals surface area contributed by atoms with Crippen LogP contribution in [0, 0.1) is 12.8 Å². The number of carbonyl (C=O) groups is 2. The molecular weight excluding hydrogens is 428 g/mol. The lowest BCUT2D eigenvalue weighted by molar-refractivity contribution is -0.139. The van der Waals surface area contributed by atoms with E-state index in [0.717, 1.165) is 40.6 Å². The Bertz CT molecular complexity index is 1250. The number of aromatic nitrogens is 1. The van der Waals surface area contributed by atoms with Crippen molar-refractivity contribution in [3.63, 3.8) is 0 Å². The highest BCUT2D eigenvalue weighted by atomic mass is 16.5. The van der Waals surface area contributed by atoms with Crippen molar-refractivity contribution in [2.75, 3.05) is 13.2 Å². The van der Waals surface area contributed by atoms with E-state index in [9.17, 15) is 14.7 Å². The number of hydrogen-bond donors (Lipinski definition) is 2. The van der Waals surface area contributed by atoms with E-state index in [0.29, 0.717) is 24.6 Å². The first-order valence-electron chi connectivity index (χ1n) is 11.9. The van der Waals surface area contributed by atoms with Crippen molar-refractivity contribution >= 4 is 28.4 Å². The number of carbonyl (C=O) groups excluding carboxylic acids is 2. The number of benzene rings is 2. The van der Waals surface area contributed by atoms with Crippen molar-refractivity contribution in [2.45, 2.75) is 46.6 Å². The summed E-state index contributed by atoms with van der Waals surface area (Å²) in [6, 6.07) is 12.5. The van der Waals surface area contributed by atoms with E-state index < -0.39 is 17.7 Å². The highest BCUT2D eigenvalue weighted by Crippen LogP contribution is 2.42. The second-order valence-corrected chi connectivity index (χ2v) is 9.32. The van der Waals surface area contributed by atoms with Gasteiger partial charge in [0.05, 0.1) is 18.2 Å². The number of ether oxygens (including phenoxy) is 1. The third kappa shape index (κ3) is 4.32. The maximum atomic E-state index is 13.2. The summed E-state index contributed by atoms with van der Waals surface area (Å²) >= 11 is 0. The number of nitrogens with one attached hydrogen (secondary N) is 1. The molecule has 1 aromatic heterocycles. The van der Waals surface area contributed by atoms with Gasteiger partial charge >= 0.3 is 0 Å². The van der Waals surface area contributed by atoms with E-state index in [1.54, 1.807) is 23.1 Å². The molecule has 3 aromatic rings. The zero-order chi connectivity index (χ0) is 24.4. The molecule has 2 N–H and O–H groups in total. The third-order valence-electron chi connectivity index (χ3n) is 6.23. The van der Waals surface area contributed by atoms with E-state index in [-0.39, 0.29) is 11.3 Å². The molecule has 1 saturated heterocycles. The number of fused-ring (bicyclic) bond motifs is 1. The lowest BCUT2D eigenvalue weighted by atomic mass is 9.94. The van der Waals surface area contributed by atoms with Gasteiger partial charge in [-0.2, -0.15) is 0 Å². The third-order valence-corrected chi connectivity index (χ3v) is 6.23. The van der Waals surface area contributed by atoms with Gasteiger partial charge in [0.2, 0.25) is 0 Å². The largest absolute Gasteiger partial charge is 0.507 e. The van der Waals surface area contributed by atoms with Crippen molar-refractivity contribution in [1.29, 1.82) is 0 Å². The molecule has 0 radical (unpaired) electrons. The molecule has 1 aliphatic rings. The van der Waals surface area contributed by atoms with Gasteiger partial charge < -0.3 is 19.7 Å². The number of amides is 1. The van der Waals surface area contributed by atoms with Gasteiger partial charge in [-0.15, -0.1) is 0 Å². The average Bonchev–Trinajstić information content (AvgIpc) is 3.35. The number of Topliss-reactive ketones (excluding diaryl/α,β-unsaturated/α-hetero) is 1. The number of rotatable bonds is 8. The van der Waals surface area contributed by atoms with Gasteiger partial charge in [0.1, 0.15) is 11.5 Å². The molecule has 4 rings (SSSR count). The second-order valence-electron chi connectivity index (χ2n) is 9.32. The molecule has 2 heterocycles. The Hall–Kier alpha value is -3.54. The standard InChI is InChI=1S/C28H32N2O4/c1-5-6-13-30-25(21-15-29-22-10-8-7-9-20(21)22)24(27(32)28(30)33)26(31)19-11-12-23(18(4)14-19)34-16-17(2)3/h7-12,14-15,17,25,29,31H,5-6,13,16H2,1-4H3/b26-24+. The molecule has 1 unspecified atom stereocenters. The number of likely N-dealkylation sites (tertiary alicyclic amines) is 1. The molecule has 0 saturated carbocycles. The zero-order valence-corrected chi connectivity index (χ0v) is 20.2. The van der Waals surface area contributed by atoms with E-state index in [2.05, 4.69) is 18.8 Å². The lowest BCUT2D eigenvalue weighted by Crippen LogP contribution is -2.30. The van der Waals surface area contributed by atoms with Crippen molar-refractivity contribution < 1.29 is 19.4 Å². The molecule has 1 aliphatic heterocycles. The fourth-order valence-electron chi connectivity index (χ4n) is 4.45. The highest BCUT2D eigenvalue weighted by molar-refractivity contribution is 6.46. The molecule has 2 aromatic carbocycles. The van der Waals surface area contributed by atoms with Gasteiger partial charge in [-0.05, 0) is 49.1 Å². The number of ketones is 1. The van der Waals surface area contributed by atoms with Crippen molar-refractivity contribution in [1.82, 2.24) is 9.88 Å². The van der Waals surface area contributed by atoms with Crippen LogP contribution in [0.5, 0.6) is 5.75 Å². The Morgan fingerprint density at radius 2 is 1.94 bits per heavy atom. The summed E-state index contributed by atoms with van der Waals surface area (Å²) in [4.78, 5) is 31.1. The summed E-state index contributed by atoms with van der Waals surface area (Å²) in [5.41, 5.74) is 3.20. The first-order valence-corrected chi connectivity index (χ1v) is 11.9. The first kappa shape index (κ1) is 23.6. The van der Waals surface area contributed by atoms with Gasteiger partial charge in [0, 0.05) is 34.8 Å². The molecule has 178 valence electrons. The van der Waals surface area contributed by atoms with Crippen molar-refractivity contribution in [2.24, 2.45) is 5.92 Å². The van der Waals surface area contributed by atoms with Gasteiger partial charge in [-0.1, -0.05) is 45.4 Å². The van der Waals surface area contributed by atoms with Gasteiger partial charge in [-0.3, -0.25) is 9.59 Å². The molecule has 0 aliphatic carbocycles. The average molecular weight is 461 g/mol. The normalized spacial score (nSPS) is 17.8. The maximum Gasteiger partial charge on any atom is 0.295 e. The molecule has 1 fully saturated rings. The van der Waals surface area contributed by atoms with Crippen LogP contribution in [0.3, 0.4) is 0 Å². The van der Waals surface area contributed by atoms with Gasteiger partial charge in [-0.25, -0.2) is 0 Å². The van der Waals surface area contributed by atoms with E-state index in [4.69, 9.17) is 4.74 Å². The SMILES string of the molecule is CCCCN1C(=O)C(=O)/C(=C(/O)c2ccc(OCC(C)C)c(C)c2)C1c1c[nH]c2ccccc12. The number of unbranched alkanes of at least 4 members (excludes halogenated alkanes) is 1. The summed E-state index contributed by atoms with van der Waals surface area (Å²) in [6.45, 7) is 9.15. The predicted octanol–water partition coefficient (Wildman–Crippen LogP) is 5.73. The van der Waals surface area contributed by atoms with Crippen LogP contribution in [0.2, 0.25) is 0 Å². The van der Waals surface area contributed by atoms with Crippen LogP contribution in [0.1, 0.15) is 56.3 Å². The van der Waals surface area contributed by atoms with Crippen LogP contribution >= 0.6 is 0 Å². The van der Waals surface area contributed by atoms with Crippen molar-refractivity contribution in [3.8, 4) is 5.75 Å². The Morgan fingerprint density at radius 3 is 2.65 bits per heavy atom. The molecule has 1 amide bonds. The van der Waals surface area contributed by atoms with Crippen LogP contribution in [0.25, 0.3) is 16.7 Å². The quantitative estimate of drug-likeness (QED) is 0.255. The summed E-state index contributed by atoms with van der Waals surface area (Å²) in [6.07, 6.45) is 3.50. The van der Waals surface area contributed by atoms with Crippen LogP contribution in [-0.2, 0) is 9.59 Å². The molecular formula is C28H32N2O4. The minimum atomic E-state index is -0.653. The van der Waals surface area contributed by atoms with Gasteiger partial charge in [0.25, 0.3) is 11.7 Å². The second kappa shape index (κ2) is 9.75. The molecule has 1 atom stereocenters. The van der Waals surface area contributed by atoms with E-state index in [1.807, 2.05) is 44.3 Å².